The Morgan fingerprint density at radius 2 is 2.00 bits per heavy atom. The van der Waals surface area contributed by atoms with Gasteiger partial charge in [0.25, 0.3) is 0 Å². The minimum Gasteiger partial charge on any atom is -0.309 e. The number of carbonyl (C=O) groups excluding carboxylic acids is 2. The van der Waals surface area contributed by atoms with E-state index in [2.05, 4.69) is 15.9 Å². The van der Waals surface area contributed by atoms with Crippen molar-refractivity contribution in [3.63, 3.8) is 0 Å². The van der Waals surface area contributed by atoms with Crippen molar-refractivity contribution in [2.45, 2.75) is 44.5 Å². The molecule has 19 heavy (non-hydrogen) atoms. The normalized spacial score (nSPS) is 18.4. The van der Waals surface area contributed by atoms with Gasteiger partial charge >= 0.3 is 0 Å². The Hall–Kier alpha value is -1.16. The maximum absolute atomic E-state index is 12.2. The lowest BCUT2D eigenvalue weighted by atomic mass is 9.98. The molecule has 3 nitrogen and oxygen atoms in total. The zero-order valence-electron chi connectivity index (χ0n) is 11.7. The number of fused-ring (bicyclic) bond motifs is 1. The van der Waals surface area contributed by atoms with Crippen molar-refractivity contribution in [2.75, 3.05) is 4.90 Å². The number of rotatable bonds is 2. The molecule has 2 rings (SSSR count). The molecule has 0 N–H and O–H groups in total. The van der Waals surface area contributed by atoms with Crippen molar-refractivity contribution in [3.05, 3.63) is 29.3 Å². The van der Waals surface area contributed by atoms with Crippen LogP contribution in [0.4, 0.5) is 5.69 Å². The fourth-order valence-electron chi connectivity index (χ4n) is 2.60. The summed E-state index contributed by atoms with van der Waals surface area (Å²) in [5.41, 5.74) is 2.70. The average Bonchev–Trinajstić information content (AvgIpc) is 2.61. The van der Waals surface area contributed by atoms with Crippen LogP contribution < -0.4 is 4.90 Å². The highest BCUT2D eigenvalue weighted by atomic mass is 79.9. The third kappa shape index (κ3) is 2.59. The van der Waals surface area contributed by atoms with Crippen LogP contribution in [-0.2, 0) is 11.2 Å². The van der Waals surface area contributed by atoms with Gasteiger partial charge in [0.05, 0.1) is 4.32 Å². The van der Waals surface area contributed by atoms with Gasteiger partial charge in [-0.2, -0.15) is 0 Å². The minimum absolute atomic E-state index is 0.0474. The topological polar surface area (TPSA) is 37.4 Å². The van der Waals surface area contributed by atoms with Gasteiger partial charge in [-0.15, -0.1) is 0 Å². The van der Waals surface area contributed by atoms with Gasteiger partial charge in [-0.05, 0) is 51.0 Å². The van der Waals surface area contributed by atoms with Crippen LogP contribution in [0.25, 0.3) is 0 Å². The van der Waals surface area contributed by atoms with Crippen LogP contribution >= 0.6 is 15.9 Å². The van der Waals surface area contributed by atoms with Gasteiger partial charge in [-0.1, -0.05) is 15.9 Å². The lowest BCUT2D eigenvalue weighted by Gasteiger charge is -2.21. The molecule has 1 aliphatic rings. The smallest absolute Gasteiger partial charge is 0.224 e. The third-order valence-electron chi connectivity index (χ3n) is 3.44. The molecule has 0 aromatic heterocycles. The molecule has 0 spiro atoms. The van der Waals surface area contributed by atoms with Crippen LogP contribution in [0, 0.1) is 0 Å². The Kier molecular flexibility index (Phi) is 3.56. The predicted octanol–water partition coefficient (Wildman–Crippen LogP) is 3.34. The first kappa shape index (κ1) is 14.3. The van der Waals surface area contributed by atoms with Crippen molar-refractivity contribution in [3.8, 4) is 0 Å². The van der Waals surface area contributed by atoms with Crippen molar-refractivity contribution in [1.29, 1.82) is 0 Å². The van der Waals surface area contributed by atoms with Crippen molar-refractivity contribution >= 4 is 33.3 Å². The first-order chi connectivity index (χ1) is 8.71. The fourth-order valence-corrected chi connectivity index (χ4v) is 2.82. The molecule has 1 aromatic rings. The van der Waals surface area contributed by atoms with Crippen LogP contribution in [0.3, 0.4) is 0 Å². The quantitative estimate of drug-likeness (QED) is 0.618. The molecule has 0 saturated heterocycles. The second-order valence-corrected chi connectivity index (χ2v) is 7.57. The second-order valence-electron chi connectivity index (χ2n) is 5.59. The van der Waals surface area contributed by atoms with Gasteiger partial charge in [0, 0.05) is 24.2 Å². The van der Waals surface area contributed by atoms with E-state index in [0.717, 1.165) is 17.7 Å². The van der Waals surface area contributed by atoms with Crippen LogP contribution in [0.15, 0.2) is 18.2 Å². The molecule has 0 bridgehead atoms. The molecule has 1 heterocycles. The van der Waals surface area contributed by atoms with Gasteiger partial charge < -0.3 is 4.90 Å². The summed E-state index contributed by atoms with van der Waals surface area (Å²) in [6, 6.07) is 5.76. The van der Waals surface area contributed by atoms with Gasteiger partial charge in [-0.25, -0.2) is 0 Å². The Balaban J connectivity index is 2.41. The van der Waals surface area contributed by atoms with E-state index in [4.69, 9.17) is 0 Å². The summed E-state index contributed by atoms with van der Waals surface area (Å²) in [7, 11) is 0. The van der Waals surface area contributed by atoms with Crippen LogP contribution in [0.5, 0.6) is 0 Å². The minimum atomic E-state index is -0.564. The number of anilines is 1. The van der Waals surface area contributed by atoms with Gasteiger partial charge in [0.2, 0.25) is 5.91 Å². The maximum Gasteiger partial charge on any atom is 0.224 e. The zero-order chi connectivity index (χ0) is 14.4. The second kappa shape index (κ2) is 4.75. The summed E-state index contributed by atoms with van der Waals surface area (Å²) in [5, 5.41) is 0. The molecule has 0 aliphatic carbocycles. The lowest BCUT2D eigenvalue weighted by molar-refractivity contribution is -0.116. The van der Waals surface area contributed by atoms with E-state index in [1.165, 1.54) is 0 Å². The molecule has 0 saturated carbocycles. The molecule has 102 valence electrons. The summed E-state index contributed by atoms with van der Waals surface area (Å²) in [5.74, 6) is 0.107. The summed E-state index contributed by atoms with van der Waals surface area (Å²) >= 11 is 3.39. The molecule has 0 fully saturated rings. The molecule has 0 radical (unpaired) electrons. The van der Waals surface area contributed by atoms with Gasteiger partial charge in [0.1, 0.15) is 0 Å². The summed E-state index contributed by atoms with van der Waals surface area (Å²) in [4.78, 5) is 25.7. The zero-order valence-corrected chi connectivity index (χ0v) is 13.2. The monoisotopic (exact) mass is 323 g/mol. The van der Waals surface area contributed by atoms with Crippen LogP contribution in [0.1, 0.15) is 43.6 Å². The first-order valence-electron chi connectivity index (χ1n) is 6.38. The highest BCUT2D eigenvalue weighted by Gasteiger charge is 2.31. The van der Waals surface area contributed by atoms with Crippen molar-refractivity contribution < 1.29 is 9.59 Å². The van der Waals surface area contributed by atoms with E-state index in [1.807, 2.05) is 32.9 Å². The lowest BCUT2D eigenvalue weighted by Crippen LogP contribution is -2.33. The Morgan fingerprint density at radius 3 is 2.53 bits per heavy atom. The van der Waals surface area contributed by atoms with Crippen molar-refractivity contribution in [2.24, 2.45) is 0 Å². The Bertz CT molecular complexity index is 546. The number of alkyl halides is 1. The number of hydrogen-bond donors (Lipinski definition) is 0. The van der Waals surface area contributed by atoms with E-state index < -0.39 is 4.32 Å². The number of nitrogens with zero attached hydrogens (tertiary/aromatic N) is 1. The molecule has 4 heteroatoms. The third-order valence-corrected chi connectivity index (χ3v) is 3.80. The standard InChI is InChI=1S/C15H18BrNO2/c1-9-7-12-8-11(14(19)15(3,4)16)5-6-13(12)17(9)10(2)18/h5-6,8-9H,7H2,1-4H3. The number of halogens is 1. The molecule has 1 amide bonds. The number of benzene rings is 1. The summed E-state index contributed by atoms with van der Waals surface area (Å²) in [6.07, 6.45) is 0.804. The number of hydrogen-bond acceptors (Lipinski definition) is 2. The summed E-state index contributed by atoms with van der Waals surface area (Å²) in [6.45, 7) is 7.28. The van der Waals surface area contributed by atoms with Crippen LogP contribution in [-0.4, -0.2) is 22.1 Å². The molecule has 1 unspecified atom stereocenters. The molecule has 1 aromatic carbocycles. The highest BCUT2D eigenvalue weighted by Crippen LogP contribution is 2.34. The largest absolute Gasteiger partial charge is 0.309 e. The maximum atomic E-state index is 12.2. The predicted molar refractivity (Wildman–Crippen MR) is 80.1 cm³/mol. The molecular weight excluding hydrogens is 306 g/mol. The van der Waals surface area contributed by atoms with Gasteiger partial charge in [-0.3, -0.25) is 9.59 Å². The summed E-state index contributed by atoms with van der Waals surface area (Å²) < 4.78 is -0.564. The van der Waals surface area contributed by atoms with E-state index in [0.29, 0.717) is 5.56 Å². The first-order valence-corrected chi connectivity index (χ1v) is 7.17. The molecular formula is C15H18BrNO2. The average molecular weight is 324 g/mol. The SMILES string of the molecule is CC(=O)N1c2ccc(C(=O)C(C)(C)Br)cc2CC1C. The Morgan fingerprint density at radius 1 is 1.37 bits per heavy atom. The number of ketones is 1. The highest BCUT2D eigenvalue weighted by molar-refractivity contribution is 9.10. The van der Waals surface area contributed by atoms with Crippen molar-refractivity contribution in [1.82, 2.24) is 0 Å². The fraction of sp³-hybridized carbons (Fsp3) is 0.467. The van der Waals surface area contributed by atoms with E-state index in [9.17, 15) is 9.59 Å². The van der Waals surface area contributed by atoms with Gasteiger partial charge in [0.15, 0.2) is 5.78 Å². The Labute approximate surface area is 122 Å². The van der Waals surface area contributed by atoms with E-state index >= 15 is 0 Å². The molecule has 1 atom stereocenters. The number of amides is 1. The molecule has 1 aliphatic heterocycles. The van der Waals surface area contributed by atoms with E-state index in [-0.39, 0.29) is 17.7 Å². The van der Waals surface area contributed by atoms with Crippen LogP contribution in [0.2, 0.25) is 0 Å². The number of carbonyl (C=O) groups is 2. The van der Waals surface area contributed by atoms with E-state index in [1.54, 1.807) is 17.9 Å². The number of Topliss-reactive ketones (excluding diaryl/α,β-unsaturated/α-hetero) is 1.